The molecule has 4 aromatic rings. The predicted molar refractivity (Wildman–Crippen MR) is 114 cm³/mol. The van der Waals surface area contributed by atoms with Crippen LogP contribution in [-0.2, 0) is 11.2 Å². The van der Waals surface area contributed by atoms with Crippen LogP contribution in [0.25, 0.3) is 32.3 Å². The third-order valence-electron chi connectivity index (χ3n) is 5.63. The van der Waals surface area contributed by atoms with E-state index in [9.17, 15) is 4.79 Å². The Hall–Kier alpha value is -2.61. The molecule has 138 valence electrons. The first kappa shape index (κ1) is 17.8. The minimum atomic E-state index is -0.677. The number of hydrogen-bond acceptors (Lipinski definition) is 1. The molecule has 1 N–H and O–H groups in total. The second-order valence-corrected chi connectivity index (χ2v) is 7.64. The van der Waals surface area contributed by atoms with E-state index in [1.54, 1.807) is 0 Å². The van der Waals surface area contributed by atoms with Crippen molar-refractivity contribution in [1.82, 2.24) is 0 Å². The van der Waals surface area contributed by atoms with Crippen molar-refractivity contribution >= 4 is 38.3 Å². The largest absolute Gasteiger partial charge is 0.481 e. The quantitative estimate of drug-likeness (QED) is 0.260. The second kappa shape index (κ2) is 7.96. The Bertz CT molecular complexity index is 1000. The topological polar surface area (TPSA) is 37.3 Å². The molecule has 0 fully saturated rings. The summed E-state index contributed by atoms with van der Waals surface area (Å²) in [6, 6.07) is 20.3. The molecule has 0 saturated carbocycles. The van der Waals surface area contributed by atoms with Crippen molar-refractivity contribution in [2.75, 3.05) is 0 Å². The van der Waals surface area contributed by atoms with Crippen LogP contribution in [0.1, 0.15) is 50.5 Å². The van der Waals surface area contributed by atoms with Gasteiger partial charge in [-0.3, -0.25) is 4.79 Å². The van der Waals surface area contributed by atoms with E-state index in [0.717, 1.165) is 25.7 Å². The van der Waals surface area contributed by atoms with E-state index < -0.39 is 5.97 Å². The van der Waals surface area contributed by atoms with Gasteiger partial charge in [0.15, 0.2) is 0 Å². The van der Waals surface area contributed by atoms with E-state index >= 15 is 0 Å². The predicted octanol–water partition coefficient (Wildman–Crippen LogP) is 6.94. The third-order valence-corrected chi connectivity index (χ3v) is 5.63. The summed E-state index contributed by atoms with van der Waals surface area (Å²) in [4.78, 5) is 10.5. The molecule has 0 unspecified atom stereocenters. The first-order chi connectivity index (χ1) is 13.2. The standard InChI is InChI=1S/C25H26O2/c26-23(27)11-6-4-2-1-3-5-8-18-16-21-14-12-19-9-7-10-20-13-15-22(17-18)25(21)24(19)20/h7,9-10,12-17H,1-6,8,11H2,(H,26,27). The van der Waals surface area contributed by atoms with Crippen molar-refractivity contribution in [3.63, 3.8) is 0 Å². The van der Waals surface area contributed by atoms with Gasteiger partial charge in [-0.1, -0.05) is 80.3 Å². The smallest absolute Gasteiger partial charge is 0.303 e. The molecular formula is C25H26O2. The highest BCUT2D eigenvalue weighted by molar-refractivity contribution is 6.23. The SMILES string of the molecule is O=C(O)CCCCCCCCc1cc2ccc3cccc4ccc(c1)c2c34. The summed E-state index contributed by atoms with van der Waals surface area (Å²) >= 11 is 0. The molecule has 0 bridgehead atoms. The van der Waals surface area contributed by atoms with Gasteiger partial charge in [-0.25, -0.2) is 0 Å². The minimum absolute atomic E-state index is 0.309. The second-order valence-electron chi connectivity index (χ2n) is 7.64. The molecule has 0 aliphatic heterocycles. The Labute approximate surface area is 160 Å². The number of carboxylic acids is 1. The third kappa shape index (κ3) is 3.90. The molecule has 27 heavy (non-hydrogen) atoms. The van der Waals surface area contributed by atoms with Crippen LogP contribution in [0.15, 0.2) is 54.6 Å². The Balaban J connectivity index is 1.41. The lowest BCUT2D eigenvalue weighted by Crippen LogP contribution is -1.93. The summed E-state index contributed by atoms with van der Waals surface area (Å²) in [7, 11) is 0. The Morgan fingerprint density at radius 1 is 0.667 bits per heavy atom. The van der Waals surface area contributed by atoms with Crippen molar-refractivity contribution in [1.29, 1.82) is 0 Å². The van der Waals surface area contributed by atoms with Crippen LogP contribution in [0, 0.1) is 0 Å². The highest BCUT2D eigenvalue weighted by Gasteiger charge is 2.08. The van der Waals surface area contributed by atoms with Crippen LogP contribution < -0.4 is 0 Å². The van der Waals surface area contributed by atoms with Gasteiger partial charge in [-0.05, 0) is 57.1 Å². The van der Waals surface area contributed by atoms with Gasteiger partial charge in [0.25, 0.3) is 0 Å². The van der Waals surface area contributed by atoms with Gasteiger partial charge in [0.1, 0.15) is 0 Å². The molecule has 0 aliphatic rings. The summed E-state index contributed by atoms with van der Waals surface area (Å²) in [5.41, 5.74) is 1.42. The molecule has 0 amide bonds. The zero-order chi connectivity index (χ0) is 18.6. The van der Waals surface area contributed by atoms with Gasteiger partial charge in [-0.15, -0.1) is 0 Å². The van der Waals surface area contributed by atoms with E-state index in [-0.39, 0.29) is 0 Å². The maximum absolute atomic E-state index is 10.5. The number of carbonyl (C=O) groups is 1. The number of aryl methyl sites for hydroxylation is 1. The van der Waals surface area contributed by atoms with Crippen molar-refractivity contribution in [3.8, 4) is 0 Å². The molecule has 0 saturated heterocycles. The lowest BCUT2D eigenvalue weighted by atomic mass is 9.92. The van der Waals surface area contributed by atoms with Crippen LogP contribution in [-0.4, -0.2) is 11.1 Å². The van der Waals surface area contributed by atoms with Gasteiger partial charge in [0.05, 0.1) is 0 Å². The first-order valence-electron chi connectivity index (χ1n) is 10.1. The van der Waals surface area contributed by atoms with Crippen molar-refractivity contribution in [2.24, 2.45) is 0 Å². The van der Waals surface area contributed by atoms with Crippen LogP contribution in [0.5, 0.6) is 0 Å². The van der Waals surface area contributed by atoms with E-state index in [2.05, 4.69) is 54.6 Å². The van der Waals surface area contributed by atoms with Gasteiger partial charge >= 0.3 is 5.97 Å². The van der Waals surface area contributed by atoms with Gasteiger partial charge in [-0.2, -0.15) is 0 Å². The summed E-state index contributed by atoms with van der Waals surface area (Å²) in [6.07, 6.45) is 8.04. The van der Waals surface area contributed by atoms with E-state index in [4.69, 9.17) is 5.11 Å². The molecule has 0 spiro atoms. The summed E-state index contributed by atoms with van der Waals surface area (Å²) in [6.45, 7) is 0. The molecular weight excluding hydrogens is 332 g/mol. The highest BCUT2D eigenvalue weighted by atomic mass is 16.4. The van der Waals surface area contributed by atoms with Crippen molar-refractivity contribution in [3.05, 3.63) is 60.2 Å². The summed E-state index contributed by atoms with van der Waals surface area (Å²) in [5.74, 6) is -0.677. The van der Waals surface area contributed by atoms with Crippen molar-refractivity contribution in [2.45, 2.75) is 51.4 Å². The molecule has 4 aromatic carbocycles. The molecule has 2 nitrogen and oxygen atoms in total. The Morgan fingerprint density at radius 2 is 1.19 bits per heavy atom. The lowest BCUT2D eigenvalue weighted by molar-refractivity contribution is -0.137. The number of rotatable bonds is 9. The molecule has 0 radical (unpaired) electrons. The Morgan fingerprint density at radius 3 is 1.81 bits per heavy atom. The minimum Gasteiger partial charge on any atom is -0.481 e. The van der Waals surface area contributed by atoms with Crippen LogP contribution in [0.3, 0.4) is 0 Å². The molecule has 4 rings (SSSR count). The molecule has 0 aromatic heterocycles. The molecule has 0 heterocycles. The van der Waals surface area contributed by atoms with E-state index in [1.165, 1.54) is 57.1 Å². The fourth-order valence-corrected chi connectivity index (χ4v) is 4.27. The highest BCUT2D eigenvalue weighted by Crippen LogP contribution is 2.35. The van der Waals surface area contributed by atoms with Gasteiger partial charge in [0, 0.05) is 6.42 Å². The Kier molecular flexibility index (Phi) is 5.24. The number of carboxylic acid groups (broad SMARTS) is 1. The molecule has 0 aliphatic carbocycles. The molecule has 2 heteroatoms. The maximum atomic E-state index is 10.5. The zero-order valence-corrected chi connectivity index (χ0v) is 15.7. The number of aliphatic carboxylic acids is 1. The van der Waals surface area contributed by atoms with Crippen LogP contribution in [0.2, 0.25) is 0 Å². The number of benzene rings is 4. The van der Waals surface area contributed by atoms with E-state index in [1.807, 2.05) is 0 Å². The summed E-state index contributed by atoms with van der Waals surface area (Å²) < 4.78 is 0. The van der Waals surface area contributed by atoms with E-state index in [0.29, 0.717) is 6.42 Å². The van der Waals surface area contributed by atoms with Gasteiger partial charge < -0.3 is 5.11 Å². The van der Waals surface area contributed by atoms with Crippen molar-refractivity contribution < 1.29 is 9.90 Å². The first-order valence-corrected chi connectivity index (χ1v) is 10.1. The fraction of sp³-hybridized carbons (Fsp3) is 0.320. The van der Waals surface area contributed by atoms with Gasteiger partial charge in [0.2, 0.25) is 0 Å². The maximum Gasteiger partial charge on any atom is 0.303 e. The molecule has 0 atom stereocenters. The van der Waals surface area contributed by atoms with Crippen LogP contribution >= 0.6 is 0 Å². The number of unbranched alkanes of at least 4 members (excludes halogenated alkanes) is 5. The summed E-state index contributed by atoms with van der Waals surface area (Å²) in [5, 5.41) is 16.8. The normalized spacial score (nSPS) is 11.7. The average molecular weight is 358 g/mol. The zero-order valence-electron chi connectivity index (χ0n) is 15.7. The number of hydrogen-bond donors (Lipinski definition) is 1. The van der Waals surface area contributed by atoms with Crippen LogP contribution in [0.4, 0.5) is 0 Å². The lowest BCUT2D eigenvalue weighted by Gasteiger charge is -2.12. The average Bonchev–Trinajstić information content (AvgIpc) is 2.68. The fourth-order valence-electron chi connectivity index (χ4n) is 4.27. The monoisotopic (exact) mass is 358 g/mol.